The van der Waals surface area contributed by atoms with Crippen LogP contribution in [0.1, 0.15) is 90.5 Å². The van der Waals surface area contributed by atoms with E-state index in [1.165, 1.54) is 17.2 Å². The van der Waals surface area contributed by atoms with E-state index in [4.69, 9.17) is 0 Å². The molecule has 0 saturated carbocycles. The van der Waals surface area contributed by atoms with Crippen molar-refractivity contribution in [1.82, 2.24) is 0 Å². The summed E-state index contributed by atoms with van der Waals surface area (Å²) in [6, 6.07) is 4.67. The fraction of sp³-hybridized carbons (Fsp3) is 0.438. The minimum absolute atomic E-state index is 0.192. The number of phenolic OH excluding ortho intramolecular Hbond substituents is 2. The SMILES string of the molecule is CC=CCCC=CCCC=CCCC=CCCC(C)=CCCC(C)=CCc1cc(O)ccc1O. The molecule has 0 unspecified atom stereocenters. The van der Waals surface area contributed by atoms with Gasteiger partial charge in [0.15, 0.2) is 0 Å². The smallest absolute Gasteiger partial charge is 0.119 e. The number of rotatable bonds is 17. The highest BCUT2D eigenvalue weighted by Crippen LogP contribution is 2.23. The van der Waals surface area contributed by atoms with Gasteiger partial charge in [-0.2, -0.15) is 0 Å². The van der Waals surface area contributed by atoms with E-state index in [2.05, 4.69) is 81.5 Å². The molecule has 0 aliphatic rings. The number of benzene rings is 1. The summed E-state index contributed by atoms with van der Waals surface area (Å²) in [4.78, 5) is 0. The number of unbranched alkanes of at least 4 members (excludes halogenated alkanes) is 3. The lowest BCUT2D eigenvalue weighted by Gasteiger charge is -2.04. The fourth-order valence-corrected chi connectivity index (χ4v) is 3.53. The van der Waals surface area contributed by atoms with E-state index >= 15 is 0 Å². The van der Waals surface area contributed by atoms with E-state index in [1.807, 2.05) is 0 Å². The van der Waals surface area contributed by atoms with Crippen LogP contribution < -0.4 is 0 Å². The number of hydrogen-bond acceptors (Lipinski definition) is 2. The molecule has 2 heteroatoms. The maximum Gasteiger partial charge on any atom is 0.119 e. The van der Waals surface area contributed by atoms with Crippen LogP contribution in [-0.2, 0) is 6.42 Å². The number of phenols is 2. The van der Waals surface area contributed by atoms with Crippen molar-refractivity contribution in [2.45, 2.75) is 91.4 Å². The van der Waals surface area contributed by atoms with Crippen LogP contribution in [0.15, 0.2) is 90.1 Å². The molecule has 0 aromatic heterocycles. The van der Waals surface area contributed by atoms with Gasteiger partial charge in [-0.3, -0.25) is 0 Å². The highest BCUT2D eigenvalue weighted by Gasteiger charge is 2.01. The van der Waals surface area contributed by atoms with Gasteiger partial charge in [0.1, 0.15) is 11.5 Å². The number of hydrogen-bond donors (Lipinski definition) is 2. The molecule has 0 aliphatic heterocycles. The predicted molar refractivity (Wildman–Crippen MR) is 149 cm³/mol. The maximum absolute atomic E-state index is 9.87. The largest absolute Gasteiger partial charge is 0.508 e. The topological polar surface area (TPSA) is 40.5 Å². The number of aromatic hydroxyl groups is 2. The average Bonchev–Trinajstić information content (AvgIpc) is 2.82. The van der Waals surface area contributed by atoms with E-state index < -0.39 is 0 Å². The Kier molecular flexibility index (Phi) is 17.0. The summed E-state index contributed by atoms with van der Waals surface area (Å²) in [6.07, 6.45) is 34.4. The zero-order valence-corrected chi connectivity index (χ0v) is 21.7. The van der Waals surface area contributed by atoms with Crippen LogP contribution in [0, 0.1) is 0 Å². The van der Waals surface area contributed by atoms with Gasteiger partial charge in [-0.05, 0) is 110 Å². The molecule has 2 nitrogen and oxygen atoms in total. The Bertz CT molecular complexity index is 850. The van der Waals surface area contributed by atoms with Crippen molar-refractivity contribution in [1.29, 1.82) is 0 Å². The van der Waals surface area contributed by atoms with Crippen LogP contribution in [0.2, 0.25) is 0 Å². The molecule has 0 radical (unpaired) electrons. The predicted octanol–water partition coefficient (Wildman–Crippen LogP) is 9.68. The molecule has 0 amide bonds. The first kappa shape index (κ1) is 29.3. The lowest BCUT2D eigenvalue weighted by Crippen LogP contribution is -1.85. The molecular weight excluding hydrogens is 416 g/mol. The van der Waals surface area contributed by atoms with Gasteiger partial charge in [-0.25, -0.2) is 0 Å². The van der Waals surface area contributed by atoms with Crippen molar-refractivity contribution < 1.29 is 10.2 Å². The van der Waals surface area contributed by atoms with Gasteiger partial charge in [-0.1, -0.05) is 71.9 Å². The average molecular weight is 463 g/mol. The van der Waals surface area contributed by atoms with Crippen molar-refractivity contribution in [2.75, 3.05) is 0 Å². The Morgan fingerprint density at radius 1 is 0.647 bits per heavy atom. The molecule has 0 saturated heterocycles. The molecule has 186 valence electrons. The lowest BCUT2D eigenvalue weighted by molar-refractivity contribution is 0.455. The Hall–Kier alpha value is -2.74. The molecule has 0 heterocycles. The van der Waals surface area contributed by atoms with Crippen molar-refractivity contribution >= 4 is 0 Å². The van der Waals surface area contributed by atoms with Gasteiger partial charge in [0, 0.05) is 5.56 Å². The van der Waals surface area contributed by atoms with E-state index in [-0.39, 0.29) is 11.5 Å². The number of allylic oxidation sites excluding steroid dienone is 12. The van der Waals surface area contributed by atoms with Gasteiger partial charge in [0.25, 0.3) is 0 Å². The van der Waals surface area contributed by atoms with Gasteiger partial charge in [-0.15, -0.1) is 0 Å². The molecule has 1 aromatic rings. The van der Waals surface area contributed by atoms with Crippen LogP contribution in [0.25, 0.3) is 0 Å². The Labute approximate surface area is 208 Å². The maximum atomic E-state index is 9.87. The quantitative estimate of drug-likeness (QED) is 0.137. The molecule has 1 rings (SSSR count). The van der Waals surface area contributed by atoms with E-state index in [9.17, 15) is 10.2 Å². The summed E-state index contributed by atoms with van der Waals surface area (Å²) >= 11 is 0. The molecule has 0 spiro atoms. The summed E-state index contributed by atoms with van der Waals surface area (Å²) < 4.78 is 0. The Morgan fingerprint density at radius 3 is 1.74 bits per heavy atom. The third kappa shape index (κ3) is 16.0. The Morgan fingerprint density at radius 2 is 1.15 bits per heavy atom. The fourth-order valence-electron chi connectivity index (χ4n) is 3.53. The highest BCUT2D eigenvalue weighted by atomic mass is 16.3. The van der Waals surface area contributed by atoms with Gasteiger partial charge in [0.05, 0.1) is 0 Å². The molecular formula is C32H46O2. The first-order chi connectivity index (χ1) is 16.5. The van der Waals surface area contributed by atoms with Gasteiger partial charge in [0.2, 0.25) is 0 Å². The minimum Gasteiger partial charge on any atom is -0.508 e. The third-order valence-corrected chi connectivity index (χ3v) is 5.71. The van der Waals surface area contributed by atoms with Crippen LogP contribution in [-0.4, -0.2) is 10.2 Å². The van der Waals surface area contributed by atoms with Crippen LogP contribution in [0.5, 0.6) is 11.5 Å². The zero-order chi connectivity index (χ0) is 24.9. The zero-order valence-electron chi connectivity index (χ0n) is 21.7. The summed E-state index contributed by atoms with van der Waals surface area (Å²) in [6.45, 7) is 6.42. The minimum atomic E-state index is 0.192. The van der Waals surface area contributed by atoms with Crippen molar-refractivity contribution in [3.63, 3.8) is 0 Å². The first-order valence-corrected chi connectivity index (χ1v) is 12.9. The second kappa shape index (κ2) is 19.7. The normalized spacial score (nSPS) is 13.4. The second-order valence-electron chi connectivity index (χ2n) is 8.91. The van der Waals surface area contributed by atoms with E-state index in [1.54, 1.807) is 12.1 Å². The third-order valence-electron chi connectivity index (χ3n) is 5.71. The van der Waals surface area contributed by atoms with Crippen LogP contribution in [0.4, 0.5) is 0 Å². The van der Waals surface area contributed by atoms with Crippen LogP contribution >= 0.6 is 0 Å². The van der Waals surface area contributed by atoms with Crippen molar-refractivity contribution in [3.05, 3.63) is 95.7 Å². The summed E-state index contributed by atoms with van der Waals surface area (Å²) in [5.41, 5.74) is 3.51. The van der Waals surface area contributed by atoms with E-state index in [0.717, 1.165) is 69.8 Å². The molecule has 34 heavy (non-hydrogen) atoms. The molecule has 0 atom stereocenters. The van der Waals surface area contributed by atoms with Gasteiger partial charge < -0.3 is 10.2 Å². The lowest BCUT2D eigenvalue weighted by atomic mass is 10.0. The summed E-state index contributed by atoms with van der Waals surface area (Å²) in [7, 11) is 0. The second-order valence-corrected chi connectivity index (χ2v) is 8.91. The van der Waals surface area contributed by atoms with Gasteiger partial charge >= 0.3 is 0 Å². The molecule has 0 bridgehead atoms. The molecule has 1 aromatic carbocycles. The highest BCUT2D eigenvalue weighted by molar-refractivity contribution is 5.39. The molecule has 0 fully saturated rings. The van der Waals surface area contributed by atoms with Crippen molar-refractivity contribution in [3.8, 4) is 11.5 Å². The van der Waals surface area contributed by atoms with Crippen molar-refractivity contribution in [2.24, 2.45) is 0 Å². The monoisotopic (exact) mass is 462 g/mol. The summed E-state index contributed by atoms with van der Waals surface area (Å²) in [5, 5.41) is 19.4. The Balaban J connectivity index is 2.10. The summed E-state index contributed by atoms with van der Waals surface area (Å²) in [5.74, 6) is 0.429. The first-order valence-electron chi connectivity index (χ1n) is 12.9. The molecule has 2 N–H and O–H groups in total. The standard InChI is InChI=1S/C32H46O2/c1-4-5-6-7-8-9-10-11-12-13-14-15-16-17-18-20-28(2)21-19-22-29(3)23-24-30-27-31(33)25-26-32(30)34/h4-5,8-9,12-13,16-17,21,23,25-27,33-34H,6-7,10-11,14-15,18-20,22,24H2,1-3H3. The van der Waals surface area contributed by atoms with E-state index in [0.29, 0.717) is 6.42 Å². The molecule has 0 aliphatic carbocycles. The van der Waals surface area contributed by atoms with Crippen LogP contribution in [0.3, 0.4) is 0 Å².